The second-order valence-corrected chi connectivity index (χ2v) is 4.54. The highest BCUT2D eigenvalue weighted by Gasteiger charge is 2.01. The average molecular weight is 274 g/mol. The van der Waals surface area contributed by atoms with Gasteiger partial charge in [-0.1, -0.05) is 35.7 Å². The number of nitrogens with one attached hydrogen (secondary N) is 1. The zero-order chi connectivity index (χ0) is 11.1. The molecule has 84 valence electrons. The van der Waals surface area contributed by atoms with Crippen molar-refractivity contribution in [3.63, 3.8) is 0 Å². The summed E-state index contributed by atoms with van der Waals surface area (Å²) in [6.07, 6.45) is 3.60. The Balaban J connectivity index is 2.33. The fourth-order valence-corrected chi connectivity index (χ4v) is 1.81. The van der Waals surface area contributed by atoms with Crippen LogP contribution in [-0.2, 0) is 6.54 Å². The van der Waals surface area contributed by atoms with E-state index in [2.05, 4.69) is 28.2 Å². The van der Waals surface area contributed by atoms with Gasteiger partial charge in [0.25, 0.3) is 0 Å². The fraction of sp³-hybridized carbons (Fsp3) is 0.500. The van der Waals surface area contributed by atoms with Gasteiger partial charge >= 0.3 is 0 Å². The van der Waals surface area contributed by atoms with Crippen molar-refractivity contribution in [2.24, 2.45) is 0 Å². The van der Waals surface area contributed by atoms with Gasteiger partial charge in [-0.3, -0.25) is 0 Å². The van der Waals surface area contributed by atoms with E-state index in [1.54, 1.807) is 6.07 Å². The van der Waals surface area contributed by atoms with Crippen molar-refractivity contribution in [2.45, 2.75) is 32.7 Å². The minimum atomic E-state index is -0.138. The smallest absolute Gasteiger partial charge is 0.127 e. The number of halogens is 2. The van der Waals surface area contributed by atoms with Crippen LogP contribution in [0.25, 0.3) is 0 Å². The molecule has 1 aromatic carbocycles. The first kappa shape index (κ1) is 12.7. The molecule has 0 heterocycles. The van der Waals surface area contributed by atoms with Crippen molar-refractivity contribution in [3.05, 3.63) is 34.1 Å². The Morgan fingerprint density at radius 3 is 2.87 bits per heavy atom. The molecule has 0 bridgehead atoms. The molecule has 0 saturated heterocycles. The lowest BCUT2D eigenvalue weighted by Gasteiger charge is -2.06. The lowest BCUT2D eigenvalue weighted by atomic mass is 10.2. The molecule has 1 nitrogen and oxygen atoms in total. The molecule has 1 rings (SSSR count). The minimum Gasteiger partial charge on any atom is -0.313 e. The van der Waals surface area contributed by atoms with Gasteiger partial charge in [-0.25, -0.2) is 4.39 Å². The Bertz CT molecular complexity index is 302. The Morgan fingerprint density at radius 1 is 1.33 bits per heavy atom. The van der Waals surface area contributed by atoms with Crippen molar-refractivity contribution < 1.29 is 4.39 Å². The van der Waals surface area contributed by atoms with Crippen LogP contribution in [0.3, 0.4) is 0 Å². The summed E-state index contributed by atoms with van der Waals surface area (Å²) in [7, 11) is 0. The third kappa shape index (κ3) is 4.76. The van der Waals surface area contributed by atoms with Gasteiger partial charge in [0.05, 0.1) is 0 Å². The zero-order valence-corrected chi connectivity index (χ0v) is 10.6. The van der Waals surface area contributed by atoms with Crippen LogP contribution in [-0.4, -0.2) is 6.54 Å². The molecule has 0 aliphatic carbocycles. The van der Waals surface area contributed by atoms with E-state index in [4.69, 9.17) is 0 Å². The SMILES string of the molecule is CCCCCNCc1cc(Br)ccc1F. The number of unbranched alkanes of at least 4 members (excludes halogenated alkanes) is 2. The van der Waals surface area contributed by atoms with E-state index >= 15 is 0 Å². The Hall–Kier alpha value is -0.410. The van der Waals surface area contributed by atoms with Crippen LogP contribution in [0.1, 0.15) is 31.7 Å². The van der Waals surface area contributed by atoms with E-state index in [-0.39, 0.29) is 5.82 Å². The summed E-state index contributed by atoms with van der Waals surface area (Å²) >= 11 is 3.34. The van der Waals surface area contributed by atoms with Gasteiger partial charge in [0.1, 0.15) is 5.82 Å². The third-order valence-corrected chi connectivity index (χ3v) is 2.77. The largest absolute Gasteiger partial charge is 0.313 e. The van der Waals surface area contributed by atoms with Gasteiger partial charge in [-0.2, -0.15) is 0 Å². The fourth-order valence-electron chi connectivity index (χ4n) is 1.40. The lowest BCUT2D eigenvalue weighted by molar-refractivity contribution is 0.573. The van der Waals surface area contributed by atoms with E-state index in [0.717, 1.165) is 23.0 Å². The Morgan fingerprint density at radius 2 is 2.13 bits per heavy atom. The van der Waals surface area contributed by atoms with Crippen molar-refractivity contribution in [1.82, 2.24) is 5.32 Å². The molecule has 15 heavy (non-hydrogen) atoms. The molecular weight excluding hydrogens is 257 g/mol. The molecule has 0 atom stereocenters. The molecule has 3 heteroatoms. The minimum absolute atomic E-state index is 0.138. The van der Waals surface area contributed by atoms with E-state index in [1.165, 1.54) is 18.9 Å². The maximum Gasteiger partial charge on any atom is 0.127 e. The number of hydrogen-bond acceptors (Lipinski definition) is 1. The molecule has 1 N–H and O–H groups in total. The second-order valence-electron chi connectivity index (χ2n) is 3.62. The van der Waals surface area contributed by atoms with E-state index in [9.17, 15) is 4.39 Å². The van der Waals surface area contributed by atoms with Crippen molar-refractivity contribution >= 4 is 15.9 Å². The first-order chi connectivity index (χ1) is 7.24. The van der Waals surface area contributed by atoms with Crippen molar-refractivity contribution in [2.75, 3.05) is 6.54 Å². The predicted octanol–water partition coefficient (Wildman–Crippen LogP) is 3.87. The van der Waals surface area contributed by atoms with Crippen LogP contribution in [0, 0.1) is 5.82 Å². The number of rotatable bonds is 6. The Labute approximate surface area is 99.2 Å². The summed E-state index contributed by atoms with van der Waals surface area (Å²) in [5.41, 5.74) is 0.723. The quantitative estimate of drug-likeness (QED) is 0.776. The van der Waals surface area contributed by atoms with Gasteiger partial charge in [-0.05, 0) is 31.2 Å². The first-order valence-electron chi connectivity index (χ1n) is 5.38. The van der Waals surface area contributed by atoms with Crippen LogP contribution in [0.15, 0.2) is 22.7 Å². The normalized spacial score (nSPS) is 10.6. The topological polar surface area (TPSA) is 12.0 Å². The predicted molar refractivity (Wildman–Crippen MR) is 65.3 cm³/mol. The molecule has 1 aromatic rings. The van der Waals surface area contributed by atoms with E-state index in [0.29, 0.717) is 6.54 Å². The Kier molecular flexibility index (Phi) is 5.88. The molecule has 0 saturated carbocycles. The van der Waals surface area contributed by atoms with Crippen LogP contribution in [0.2, 0.25) is 0 Å². The number of hydrogen-bond donors (Lipinski definition) is 1. The maximum atomic E-state index is 13.3. The van der Waals surface area contributed by atoms with Crippen LogP contribution >= 0.6 is 15.9 Å². The van der Waals surface area contributed by atoms with Crippen LogP contribution in [0.4, 0.5) is 4.39 Å². The van der Waals surface area contributed by atoms with Crippen LogP contribution < -0.4 is 5.32 Å². The average Bonchev–Trinajstić information content (AvgIpc) is 2.23. The summed E-state index contributed by atoms with van der Waals surface area (Å²) in [5, 5.41) is 3.24. The highest BCUT2D eigenvalue weighted by atomic mass is 79.9. The second kappa shape index (κ2) is 6.96. The molecule has 0 unspecified atom stereocenters. The standard InChI is InChI=1S/C12H17BrFN/c1-2-3-4-7-15-9-10-8-11(13)5-6-12(10)14/h5-6,8,15H,2-4,7,9H2,1H3. The summed E-state index contributed by atoms with van der Waals surface area (Å²) in [6.45, 7) is 3.74. The molecule has 0 fully saturated rings. The molecule has 0 amide bonds. The maximum absolute atomic E-state index is 13.3. The monoisotopic (exact) mass is 273 g/mol. The van der Waals surface area contributed by atoms with Gasteiger partial charge in [0.15, 0.2) is 0 Å². The molecule has 0 aliphatic heterocycles. The van der Waals surface area contributed by atoms with E-state index in [1.807, 2.05) is 6.07 Å². The highest BCUT2D eigenvalue weighted by molar-refractivity contribution is 9.10. The lowest BCUT2D eigenvalue weighted by Crippen LogP contribution is -2.15. The zero-order valence-electron chi connectivity index (χ0n) is 9.02. The molecule has 0 radical (unpaired) electrons. The molecule has 0 spiro atoms. The molecular formula is C12H17BrFN. The van der Waals surface area contributed by atoms with Crippen molar-refractivity contribution in [3.8, 4) is 0 Å². The van der Waals surface area contributed by atoms with Gasteiger partial charge in [0.2, 0.25) is 0 Å². The third-order valence-electron chi connectivity index (χ3n) is 2.28. The summed E-state index contributed by atoms with van der Waals surface area (Å²) < 4.78 is 14.2. The first-order valence-corrected chi connectivity index (χ1v) is 6.18. The highest BCUT2D eigenvalue weighted by Crippen LogP contribution is 2.15. The van der Waals surface area contributed by atoms with Gasteiger partial charge in [0, 0.05) is 16.6 Å². The van der Waals surface area contributed by atoms with E-state index < -0.39 is 0 Å². The number of benzene rings is 1. The molecule has 0 aliphatic rings. The summed E-state index contributed by atoms with van der Waals surface area (Å²) in [5.74, 6) is -0.138. The molecule has 0 aromatic heterocycles. The van der Waals surface area contributed by atoms with Gasteiger partial charge < -0.3 is 5.32 Å². The summed E-state index contributed by atoms with van der Waals surface area (Å²) in [4.78, 5) is 0. The van der Waals surface area contributed by atoms with Crippen molar-refractivity contribution in [1.29, 1.82) is 0 Å². The van der Waals surface area contributed by atoms with Gasteiger partial charge in [-0.15, -0.1) is 0 Å². The summed E-state index contributed by atoms with van der Waals surface area (Å²) in [6, 6.07) is 5.03. The van der Waals surface area contributed by atoms with Crippen LogP contribution in [0.5, 0.6) is 0 Å².